The van der Waals surface area contributed by atoms with E-state index < -0.39 is 0 Å². The van der Waals surface area contributed by atoms with Gasteiger partial charge in [0, 0.05) is 5.56 Å². The van der Waals surface area contributed by atoms with Crippen molar-refractivity contribution < 1.29 is 0 Å². The molecule has 2 N–H and O–H groups in total. The molecule has 3 nitrogen and oxygen atoms in total. The number of nitrogens with two attached hydrogens (primary N) is 1. The highest BCUT2D eigenvalue weighted by Crippen LogP contribution is 2.31. The first-order chi connectivity index (χ1) is 10.1. The van der Waals surface area contributed by atoms with E-state index in [1.165, 1.54) is 16.7 Å². The zero-order valence-corrected chi connectivity index (χ0v) is 12.6. The standard InChI is InChI=1S/C18H19N3/c1-12-9-13(2)17(14(3)10-12)18-16(19)11-21(20-18)15-7-5-4-6-8-15/h4-11H,19H2,1-3H3. The Balaban J connectivity index is 2.15. The van der Waals surface area contributed by atoms with E-state index in [0.717, 1.165) is 16.9 Å². The second kappa shape index (κ2) is 5.09. The normalized spacial score (nSPS) is 10.8. The van der Waals surface area contributed by atoms with Gasteiger partial charge in [-0.25, -0.2) is 4.68 Å². The fourth-order valence-electron chi connectivity index (χ4n) is 2.85. The number of aryl methyl sites for hydroxylation is 3. The highest BCUT2D eigenvalue weighted by atomic mass is 15.3. The summed E-state index contributed by atoms with van der Waals surface area (Å²) in [5.74, 6) is 0. The number of benzene rings is 2. The first kappa shape index (κ1) is 13.4. The van der Waals surface area contributed by atoms with Crippen molar-refractivity contribution in [3.05, 3.63) is 65.4 Å². The van der Waals surface area contributed by atoms with Crippen LogP contribution >= 0.6 is 0 Å². The second-order valence-corrected chi connectivity index (χ2v) is 5.49. The fraction of sp³-hybridized carbons (Fsp3) is 0.167. The molecule has 0 saturated heterocycles. The van der Waals surface area contributed by atoms with Crippen molar-refractivity contribution in [1.82, 2.24) is 9.78 Å². The van der Waals surface area contributed by atoms with Crippen LogP contribution < -0.4 is 5.73 Å². The maximum absolute atomic E-state index is 6.20. The predicted molar refractivity (Wildman–Crippen MR) is 87.6 cm³/mol. The van der Waals surface area contributed by atoms with E-state index in [0.29, 0.717) is 5.69 Å². The summed E-state index contributed by atoms with van der Waals surface area (Å²) in [7, 11) is 0. The lowest BCUT2D eigenvalue weighted by molar-refractivity contribution is 0.883. The van der Waals surface area contributed by atoms with Crippen molar-refractivity contribution >= 4 is 5.69 Å². The van der Waals surface area contributed by atoms with Crippen molar-refractivity contribution in [2.75, 3.05) is 5.73 Å². The van der Waals surface area contributed by atoms with Crippen LogP contribution in [0.3, 0.4) is 0 Å². The molecule has 0 aliphatic heterocycles. The van der Waals surface area contributed by atoms with Crippen LogP contribution in [-0.2, 0) is 0 Å². The Morgan fingerprint density at radius 2 is 1.57 bits per heavy atom. The highest BCUT2D eigenvalue weighted by Gasteiger charge is 2.14. The molecule has 0 unspecified atom stereocenters. The minimum absolute atomic E-state index is 0.703. The third-order valence-electron chi connectivity index (χ3n) is 3.68. The third kappa shape index (κ3) is 2.42. The van der Waals surface area contributed by atoms with E-state index in [4.69, 9.17) is 10.8 Å². The Hall–Kier alpha value is -2.55. The Bertz CT molecular complexity index is 762. The van der Waals surface area contributed by atoms with E-state index in [1.54, 1.807) is 0 Å². The first-order valence-corrected chi connectivity index (χ1v) is 7.05. The van der Waals surface area contributed by atoms with Crippen molar-refractivity contribution in [3.63, 3.8) is 0 Å². The summed E-state index contributed by atoms with van der Waals surface area (Å²) in [4.78, 5) is 0. The number of rotatable bonds is 2. The maximum atomic E-state index is 6.20. The Kier molecular flexibility index (Phi) is 3.26. The number of hydrogen-bond donors (Lipinski definition) is 1. The van der Waals surface area contributed by atoms with Gasteiger partial charge in [0.2, 0.25) is 0 Å². The van der Waals surface area contributed by atoms with Gasteiger partial charge in [0.15, 0.2) is 0 Å². The molecule has 0 amide bonds. The molecule has 2 aromatic carbocycles. The molecule has 21 heavy (non-hydrogen) atoms. The zero-order valence-electron chi connectivity index (χ0n) is 12.6. The summed E-state index contributed by atoms with van der Waals surface area (Å²) >= 11 is 0. The summed E-state index contributed by atoms with van der Waals surface area (Å²) in [5.41, 5.74) is 13.6. The smallest absolute Gasteiger partial charge is 0.116 e. The van der Waals surface area contributed by atoms with E-state index in [9.17, 15) is 0 Å². The molecule has 3 heteroatoms. The number of aromatic nitrogens is 2. The minimum atomic E-state index is 0.703. The van der Waals surface area contributed by atoms with Gasteiger partial charge < -0.3 is 5.73 Å². The average Bonchev–Trinajstić information content (AvgIpc) is 2.81. The number of hydrogen-bond acceptors (Lipinski definition) is 2. The van der Waals surface area contributed by atoms with Crippen LogP contribution in [0.1, 0.15) is 16.7 Å². The Morgan fingerprint density at radius 1 is 0.952 bits per heavy atom. The van der Waals surface area contributed by atoms with Gasteiger partial charge in [-0.1, -0.05) is 35.9 Å². The van der Waals surface area contributed by atoms with Gasteiger partial charge >= 0.3 is 0 Å². The number of nitrogen functional groups attached to an aromatic ring is 1. The van der Waals surface area contributed by atoms with Gasteiger partial charge in [0.25, 0.3) is 0 Å². The summed E-state index contributed by atoms with van der Waals surface area (Å²) in [6.07, 6.45) is 1.88. The molecule has 0 spiro atoms. The lowest BCUT2D eigenvalue weighted by atomic mass is 9.97. The summed E-state index contributed by atoms with van der Waals surface area (Å²) in [6.45, 7) is 6.32. The summed E-state index contributed by atoms with van der Waals surface area (Å²) in [5, 5.41) is 4.69. The van der Waals surface area contributed by atoms with Crippen LogP contribution in [0.4, 0.5) is 5.69 Å². The van der Waals surface area contributed by atoms with Crippen LogP contribution in [0.2, 0.25) is 0 Å². The molecule has 0 aliphatic rings. The molecule has 106 valence electrons. The Labute approximate surface area is 125 Å². The van der Waals surface area contributed by atoms with Crippen molar-refractivity contribution in [1.29, 1.82) is 0 Å². The summed E-state index contributed by atoms with van der Waals surface area (Å²) < 4.78 is 1.84. The second-order valence-electron chi connectivity index (χ2n) is 5.49. The molecular weight excluding hydrogens is 258 g/mol. The van der Waals surface area contributed by atoms with E-state index >= 15 is 0 Å². The van der Waals surface area contributed by atoms with Crippen LogP contribution in [0.5, 0.6) is 0 Å². The molecule has 0 saturated carbocycles. The maximum Gasteiger partial charge on any atom is 0.116 e. The highest BCUT2D eigenvalue weighted by molar-refractivity contribution is 5.77. The van der Waals surface area contributed by atoms with Crippen molar-refractivity contribution in [2.45, 2.75) is 20.8 Å². The number of anilines is 1. The lowest BCUT2D eigenvalue weighted by Gasteiger charge is -2.09. The molecule has 1 aromatic heterocycles. The third-order valence-corrected chi connectivity index (χ3v) is 3.68. The zero-order chi connectivity index (χ0) is 15.0. The van der Waals surface area contributed by atoms with Crippen LogP contribution in [0, 0.1) is 20.8 Å². The molecule has 0 atom stereocenters. The van der Waals surface area contributed by atoms with E-state index in [2.05, 4.69) is 32.9 Å². The van der Waals surface area contributed by atoms with Crippen LogP contribution in [-0.4, -0.2) is 9.78 Å². The average molecular weight is 277 g/mol. The van der Waals surface area contributed by atoms with Crippen LogP contribution in [0.25, 0.3) is 16.9 Å². The molecule has 1 heterocycles. The first-order valence-electron chi connectivity index (χ1n) is 7.05. The largest absolute Gasteiger partial charge is 0.396 e. The van der Waals surface area contributed by atoms with Gasteiger partial charge in [0.05, 0.1) is 17.6 Å². The molecule has 0 aliphatic carbocycles. The SMILES string of the molecule is Cc1cc(C)c(-c2nn(-c3ccccc3)cc2N)c(C)c1. The molecule has 0 radical (unpaired) electrons. The van der Waals surface area contributed by atoms with Gasteiger partial charge in [-0.3, -0.25) is 0 Å². The fourth-order valence-corrected chi connectivity index (χ4v) is 2.85. The predicted octanol–water partition coefficient (Wildman–Crippen LogP) is 4.05. The molecule has 3 rings (SSSR count). The van der Waals surface area contributed by atoms with E-state index in [1.807, 2.05) is 41.2 Å². The summed E-state index contributed by atoms with van der Waals surface area (Å²) in [6, 6.07) is 14.4. The topological polar surface area (TPSA) is 43.8 Å². The molecular formula is C18H19N3. The number of nitrogens with zero attached hydrogens (tertiary/aromatic N) is 2. The van der Waals surface area contributed by atoms with Gasteiger partial charge in [-0.2, -0.15) is 5.10 Å². The van der Waals surface area contributed by atoms with Gasteiger partial charge in [-0.15, -0.1) is 0 Å². The number of para-hydroxylation sites is 1. The lowest BCUT2D eigenvalue weighted by Crippen LogP contribution is -1.96. The molecule has 0 bridgehead atoms. The van der Waals surface area contributed by atoms with Crippen molar-refractivity contribution in [3.8, 4) is 16.9 Å². The quantitative estimate of drug-likeness (QED) is 0.768. The monoisotopic (exact) mass is 277 g/mol. The van der Waals surface area contributed by atoms with E-state index in [-0.39, 0.29) is 0 Å². The minimum Gasteiger partial charge on any atom is -0.396 e. The Morgan fingerprint density at radius 3 is 2.19 bits per heavy atom. The van der Waals surface area contributed by atoms with Gasteiger partial charge in [0.1, 0.15) is 5.69 Å². The van der Waals surface area contributed by atoms with Crippen molar-refractivity contribution in [2.24, 2.45) is 0 Å². The molecule has 3 aromatic rings. The molecule has 0 fully saturated rings. The van der Waals surface area contributed by atoms with Gasteiger partial charge in [-0.05, 0) is 44.0 Å². The van der Waals surface area contributed by atoms with Crippen LogP contribution in [0.15, 0.2) is 48.7 Å².